The normalized spacial score (nSPS) is 13.1. The fourth-order valence-electron chi connectivity index (χ4n) is 1.66. The maximum atomic E-state index is 12.8. The van der Waals surface area contributed by atoms with Crippen LogP contribution in [0.3, 0.4) is 0 Å². The van der Waals surface area contributed by atoms with Crippen molar-refractivity contribution in [3.8, 4) is 0 Å². The van der Waals surface area contributed by atoms with E-state index in [1.54, 1.807) is 6.92 Å². The molecule has 0 fully saturated rings. The lowest BCUT2D eigenvalue weighted by Gasteiger charge is -2.14. The zero-order valence-corrected chi connectivity index (χ0v) is 10.8. The summed E-state index contributed by atoms with van der Waals surface area (Å²) in [5.41, 5.74) is -1.87. The minimum absolute atomic E-state index is 0.200. The largest absolute Gasteiger partial charge is 0.418 e. The highest BCUT2D eigenvalue weighted by atomic mass is 19.4. The Hall–Kier alpha value is -1.83. The van der Waals surface area contributed by atoms with Crippen molar-refractivity contribution in [2.75, 3.05) is 11.9 Å². The predicted octanol–water partition coefficient (Wildman–Crippen LogP) is 3.19. The molecule has 1 unspecified atom stereocenters. The van der Waals surface area contributed by atoms with E-state index in [1.807, 2.05) is 0 Å². The first-order chi connectivity index (χ1) is 9.21. The first-order valence-corrected chi connectivity index (χ1v) is 5.99. The van der Waals surface area contributed by atoms with Crippen LogP contribution < -0.4 is 5.32 Å². The summed E-state index contributed by atoms with van der Waals surface area (Å²) in [5, 5.41) is 22.2. The number of alkyl halides is 3. The van der Waals surface area contributed by atoms with E-state index < -0.39 is 28.5 Å². The molecule has 0 saturated carbocycles. The highest BCUT2D eigenvalue weighted by molar-refractivity contribution is 5.57. The highest BCUT2D eigenvalue weighted by Crippen LogP contribution is 2.37. The number of nitrogens with one attached hydrogen (secondary N) is 1. The van der Waals surface area contributed by atoms with E-state index in [1.165, 1.54) is 0 Å². The number of rotatable bonds is 6. The van der Waals surface area contributed by atoms with Gasteiger partial charge in [0.15, 0.2) is 0 Å². The van der Waals surface area contributed by atoms with Crippen molar-refractivity contribution in [2.45, 2.75) is 32.0 Å². The van der Waals surface area contributed by atoms with Gasteiger partial charge in [-0.15, -0.1) is 0 Å². The van der Waals surface area contributed by atoms with Crippen LogP contribution in [-0.2, 0) is 6.18 Å². The van der Waals surface area contributed by atoms with Crippen molar-refractivity contribution in [2.24, 2.45) is 0 Å². The lowest BCUT2D eigenvalue weighted by molar-refractivity contribution is -0.385. The lowest BCUT2D eigenvalue weighted by atomic mass is 10.1. The smallest absolute Gasteiger partial charge is 0.393 e. The molecule has 112 valence electrons. The number of aliphatic hydroxyl groups excluding tert-OH is 1. The molecule has 2 N–H and O–H groups in total. The first kappa shape index (κ1) is 16.2. The van der Waals surface area contributed by atoms with Gasteiger partial charge in [0.05, 0.1) is 16.6 Å². The van der Waals surface area contributed by atoms with Crippen LogP contribution in [0, 0.1) is 10.1 Å². The SMILES string of the molecule is CC(O)CCCNc1ccc([N+](=O)[O-])cc1C(F)(F)F. The maximum absolute atomic E-state index is 12.8. The molecule has 0 amide bonds. The Morgan fingerprint density at radius 3 is 2.60 bits per heavy atom. The van der Waals surface area contributed by atoms with Crippen molar-refractivity contribution >= 4 is 11.4 Å². The van der Waals surface area contributed by atoms with Gasteiger partial charge in [-0.1, -0.05) is 0 Å². The van der Waals surface area contributed by atoms with Gasteiger partial charge < -0.3 is 10.4 Å². The number of anilines is 1. The minimum Gasteiger partial charge on any atom is -0.393 e. The Balaban J connectivity index is 2.87. The summed E-state index contributed by atoms with van der Waals surface area (Å²) in [6.07, 6.45) is -4.23. The molecule has 0 radical (unpaired) electrons. The van der Waals surface area contributed by atoms with E-state index in [0.717, 1.165) is 12.1 Å². The van der Waals surface area contributed by atoms with Crippen molar-refractivity contribution < 1.29 is 23.2 Å². The van der Waals surface area contributed by atoms with Gasteiger partial charge in [-0.2, -0.15) is 13.2 Å². The van der Waals surface area contributed by atoms with Crippen molar-refractivity contribution in [1.82, 2.24) is 0 Å². The van der Waals surface area contributed by atoms with Crippen LogP contribution in [0.4, 0.5) is 24.5 Å². The van der Waals surface area contributed by atoms with E-state index in [4.69, 9.17) is 5.11 Å². The van der Waals surface area contributed by atoms with Crippen molar-refractivity contribution in [1.29, 1.82) is 0 Å². The molecular formula is C12H15F3N2O3. The molecular weight excluding hydrogens is 277 g/mol. The first-order valence-electron chi connectivity index (χ1n) is 5.99. The number of nitro benzene ring substituents is 1. The fourth-order valence-corrected chi connectivity index (χ4v) is 1.66. The van der Waals surface area contributed by atoms with E-state index in [-0.39, 0.29) is 12.2 Å². The second kappa shape index (κ2) is 6.56. The zero-order valence-electron chi connectivity index (χ0n) is 10.8. The summed E-state index contributed by atoms with van der Waals surface area (Å²) < 4.78 is 38.5. The van der Waals surface area contributed by atoms with Gasteiger partial charge in [0.1, 0.15) is 0 Å². The van der Waals surface area contributed by atoms with Crippen LogP contribution in [0.5, 0.6) is 0 Å². The van der Waals surface area contributed by atoms with Gasteiger partial charge in [-0.05, 0) is 25.8 Å². The second-order valence-electron chi connectivity index (χ2n) is 4.40. The molecule has 0 aliphatic rings. The number of nitro groups is 1. The molecule has 1 aromatic carbocycles. The quantitative estimate of drug-likeness (QED) is 0.479. The zero-order chi connectivity index (χ0) is 15.3. The number of aliphatic hydroxyl groups is 1. The third kappa shape index (κ3) is 4.69. The summed E-state index contributed by atoms with van der Waals surface area (Å²) in [6.45, 7) is 1.83. The molecule has 0 heterocycles. The summed E-state index contributed by atoms with van der Waals surface area (Å²) in [6, 6.07) is 2.58. The van der Waals surface area contributed by atoms with Gasteiger partial charge in [0.25, 0.3) is 5.69 Å². The van der Waals surface area contributed by atoms with Gasteiger partial charge in [0.2, 0.25) is 0 Å². The van der Waals surface area contributed by atoms with Crippen LogP contribution in [0.2, 0.25) is 0 Å². The second-order valence-corrected chi connectivity index (χ2v) is 4.40. The third-order valence-corrected chi connectivity index (χ3v) is 2.63. The van der Waals surface area contributed by atoms with Crippen LogP contribution >= 0.6 is 0 Å². The molecule has 0 aromatic heterocycles. The van der Waals surface area contributed by atoms with Crippen LogP contribution in [0.25, 0.3) is 0 Å². The topological polar surface area (TPSA) is 75.4 Å². The molecule has 1 aromatic rings. The Kier molecular flexibility index (Phi) is 5.32. The highest BCUT2D eigenvalue weighted by Gasteiger charge is 2.35. The molecule has 1 rings (SSSR count). The monoisotopic (exact) mass is 292 g/mol. The molecule has 0 spiro atoms. The standard InChI is InChI=1S/C12H15F3N2O3/c1-8(18)3-2-6-16-11-5-4-9(17(19)20)7-10(11)12(13,14)15/h4-5,7-8,16,18H,2-3,6H2,1H3. The van der Waals surface area contributed by atoms with E-state index in [9.17, 15) is 23.3 Å². The summed E-state index contributed by atoms with van der Waals surface area (Å²) in [4.78, 5) is 9.65. The number of hydrogen-bond donors (Lipinski definition) is 2. The fraction of sp³-hybridized carbons (Fsp3) is 0.500. The Labute approximate surface area is 113 Å². The minimum atomic E-state index is -4.67. The average Bonchev–Trinajstić information content (AvgIpc) is 2.33. The molecule has 0 bridgehead atoms. The molecule has 0 aliphatic carbocycles. The summed E-state index contributed by atoms with van der Waals surface area (Å²) in [5.74, 6) is 0. The Morgan fingerprint density at radius 2 is 2.10 bits per heavy atom. The van der Waals surface area contributed by atoms with E-state index in [2.05, 4.69) is 5.32 Å². The van der Waals surface area contributed by atoms with E-state index >= 15 is 0 Å². The third-order valence-electron chi connectivity index (χ3n) is 2.63. The molecule has 5 nitrogen and oxygen atoms in total. The number of halogens is 3. The summed E-state index contributed by atoms with van der Waals surface area (Å²) in [7, 11) is 0. The Morgan fingerprint density at radius 1 is 1.45 bits per heavy atom. The molecule has 20 heavy (non-hydrogen) atoms. The maximum Gasteiger partial charge on any atom is 0.418 e. The average molecular weight is 292 g/mol. The number of benzene rings is 1. The predicted molar refractivity (Wildman–Crippen MR) is 67.5 cm³/mol. The number of hydrogen-bond acceptors (Lipinski definition) is 4. The molecule has 0 aliphatic heterocycles. The van der Waals surface area contributed by atoms with E-state index in [0.29, 0.717) is 18.9 Å². The lowest BCUT2D eigenvalue weighted by Crippen LogP contribution is -2.13. The summed E-state index contributed by atoms with van der Waals surface area (Å²) >= 11 is 0. The molecule has 1 atom stereocenters. The van der Waals surface area contributed by atoms with Crippen LogP contribution in [-0.4, -0.2) is 22.7 Å². The molecule has 8 heteroatoms. The Bertz CT molecular complexity index is 476. The van der Waals surface area contributed by atoms with Crippen molar-refractivity contribution in [3.05, 3.63) is 33.9 Å². The number of non-ortho nitro benzene ring substituents is 1. The van der Waals surface area contributed by atoms with Crippen molar-refractivity contribution in [3.63, 3.8) is 0 Å². The number of nitrogens with zero attached hydrogens (tertiary/aromatic N) is 1. The van der Waals surface area contributed by atoms with Crippen LogP contribution in [0.15, 0.2) is 18.2 Å². The van der Waals surface area contributed by atoms with Gasteiger partial charge >= 0.3 is 6.18 Å². The molecule has 0 saturated heterocycles. The van der Waals surface area contributed by atoms with Gasteiger partial charge in [-0.3, -0.25) is 10.1 Å². The van der Waals surface area contributed by atoms with Gasteiger partial charge in [-0.25, -0.2) is 0 Å². The van der Waals surface area contributed by atoms with Gasteiger partial charge in [0, 0.05) is 24.4 Å². The van der Waals surface area contributed by atoms with Crippen LogP contribution in [0.1, 0.15) is 25.3 Å².